The number of hydrogen-bond donors (Lipinski definition) is 0. The molecule has 1 unspecified atom stereocenters. The van der Waals surface area contributed by atoms with Gasteiger partial charge < -0.3 is 4.74 Å². The molecule has 0 bridgehead atoms. The van der Waals surface area contributed by atoms with Gasteiger partial charge >= 0.3 is 5.97 Å². The minimum atomic E-state index is -0.489. The van der Waals surface area contributed by atoms with Crippen LogP contribution in [-0.4, -0.2) is 23.1 Å². The predicted molar refractivity (Wildman–Crippen MR) is 63.5 cm³/mol. The fourth-order valence-corrected chi connectivity index (χ4v) is 0.910. The minimum absolute atomic E-state index is 0.189. The molecule has 0 aliphatic rings. The Hall–Kier alpha value is -0.800. The predicted octanol–water partition coefficient (Wildman–Crippen LogP) is 2.88. The molecule has 84 valence electrons. The number of aliphatic imine (C=N–C) groups is 1. The van der Waals surface area contributed by atoms with Crippen molar-refractivity contribution in [2.75, 3.05) is 6.61 Å². The number of halogens is 2. The van der Waals surface area contributed by atoms with E-state index in [1.807, 2.05) is 0 Å². The number of carbonyl (C=O) groups is 1. The van der Waals surface area contributed by atoms with Crippen molar-refractivity contribution in [2.45, 2.75) is 19.2 Å². The van der Waals surface area contributed by atoms with Crippen LogP contribution in [0.4, 0.5) is 0 Å². The number of ether oxygens (including phenoxy) is 1. The van der Waals surface area contributed by atoms with Crippen molar-refractivity contribution in [3.8, 4) is 0 Å². The highest BCUT2D eigenvalue weighted by Crippen LogP contribution is 2.11. The van der Waals surface area contributed by atoms with E-state index in [2.05, 4.69) is 11.6 Å². The number of hydrogen-bond acceptors (Lipinski definition) is 3. The third-order valence-corrected chi connectivity index (χ3v) is 1.92. The zero-order valence-corrected chi connectivity index (χ0v) is 10.2. The van der Waals surface area contributed by atoms with Crippen LogP contribution >= 0.6 is 23.2 Å². The average molecular weight is 250 g/mol. The summed E-state index contributed by atoms with van der Waals surface area (Å²) in [5.74, 6) is -0.489. The third-order valence-electron chi connectivity index (χ3n) is 1.44. The highest BCUT2D eigenvalue weighted by Gasteiger charge is 2.15. The fourth-order valence-electron chi connectivity index (χ4n) is 0.716. The molecule has 0 aromatic carbocycles. The van der Waals surface area contributed by atoms with E-state index in [0.717, 1.165) is 0 Å². The van der Waals surface area contributed by atoms with Crippen molar-refractivity contribution in [3.63, 3.8) is 0 Å². The van der Waals surface area contributed by atoms with Crippen LogP contribution in [0.2, 0.25) is 0 Å². The smallest absolute Gasteiger partial charge is 0.337 e. The first kappa shape index (κ1) is 14.2. The summed E-state index contributed by atoms with van der Waals surface area (Å²) in [6.45, 7) is 7.08. The summed E-state index contributed by atoms with van der Waals surface area (Å²) in [5.41, 5.74) is 0.263. The molecule has 0 spiro atoms. The van der Waals surface area contributed by atoms with E-state index in [1.54, 1.807) is 13.8 Å². The molecular weight excluding hydrogens is 237 g/mol. The van der Waals surface area contributed by atoms with Crippen LogP contribution in [0.1, 0.15) is 13.8 Å². The van der Waals surface area contributed by atoms with E-state index in [4.69, 9.17) is 27.9 Å². The van der Waals surface area contributed by atoms with Crippen molar-refractivity contribution in [1.29, 1.82) is 0 Å². The van der Waals surface area contributed by atoms with Gasteiger partial charge in [0.15, 0.2) is 0 Å². The average Bonchev–Trinajstić information content (AvgIpc) is 2.17. The summed E-state index contributed by atoms with van der Waals surface area (Å²) in [6, 6.07) is 0. The molecule has 0 aromatic rings. The first-order valence-electron chi connectivity index (χ1n) is 4.39. The molecule has 5 heteroatoms. The van der Waals surface area contributed by atoms with Crippen molar-refractivity contribution in [1.82, 2.24) is 0 Å². The Bertz CT molecular complexity index is 296. The Morgan fingerprint density at radius 1 is 1.67 bits per heavy atom. The fraction of sp³-hybridized carbons (Fsp3) is 0.400. The van der Waals surface area contributed by atoms with Crippen LogP contribution in [-0.2, 0) is 9.53 Å². The second kappa shape index (κ2) is 7.49. The van der Waals surface area contributed by atoms with E-state index in [-0.39, 0.29) is 10.7 Å². The molecule has 0 amide bonds. The first-order valence-corrected chi connectivity index (χ1v) is 5.21. The SMILES string of the molecule is C=C/C(Cl)=N\C=C(\C(=O)OCC)C(C)Cl. The van der Waals surface area contributed by atoms with Gasteiger partial charge in [0.05, 0.1) is 17.6 Å². The van der Waals surface area contributed by atoms with Crippen LogP contribution in [0, 0.1) is 0 Å². The Morgan fingerprint density at radius 3 is 2.67 bits per heavy atom. The van der Waals surface area contributed by atoms with Gasteiger partial charge in [-0.25, -0.2) is 9.79 Å². The van der Waals surface area contributed by atoms with Gasteiger partial charge in [0.2, 0.25) is 0 Å². The van der Waals surface area contributed by atoms with Gasteiger partial charge in [-0.1, -0.05) is 18.2 Å². The van der Waals surface area contributed by atoms with Crippen molar-refractivity contribution in [3.05, 3.63) is 24.4 Å². The third kappa shape index (κ3) is 5.60. The summed E-state index contributed by atoms with van der Waals surface area (Å²) in [7, 11) is 0. The number of alkyl halides is 1. The monoisotopic (exact) mass is 249 g/mol. The molecule has 0 rings (SSSR count). The second-order valence-electron chi connectivity index (χ2n) is 2.58. The first-order chi connectivity index (χ1) is 7.02. The summed E-state index contributed by atoms with van der Waals surface area (Å²) in [5, 5.41) is -0.295. The highest BCUT2D eigenvalue weighted by atomic mass is 35.5. The number of esters is 1. The Balaban J connectivity index is 4.81. The van der Waals surface area contributed by atoms with Gasteiger partial charge in [0, 0.05) is 6.20 Å². The standard InChI is InChI=1S/C10H13Cl2NO2/c1-4-9(12)13-6-8(7(3)11)10(14)15-5-2/h4,6-7H,1,5H2,2-3H3/b8-6+,13-9+. The van der Waals surface area contributed by atoms with Crippen molar-refractivity contribution < 1.29 is 9.53 Å². The number of nitrogens with zero attached hydrogens (tertiary/aromatic N) is 1. The van der Waals surface area contributed by atoms with Gasteiger partial charge in [-0.3, -0.25) is 0 Å². The van der Waals surface area contributed by atoms with Crippen molar-refractivity contribution >= 4 is 34.3 Å². The van der Waals surface area contributed by atoms with Crippen molar-refractivity contribution in [2.24, 2.45) is 4.99 Å². The second-order valence-corrected chi connectivity index (χ2v) is 3.62. The van der Waals surface area contributed by atoms with Crippen LogP contribution in [0.5, 0.6) is 0 Å². The maximum absolute atomic E-state index is 11.4. The summed E-state index contributed by atoms with van der Waals surface area (Å²) in [6.07, 6.45) is 2.65. The topological polar surface area (TPSA) is 38.7 Å². The lowest BCUT2D eigenvalue weighted by Gasteiger charge is -2.06. The summed E-state index contributed by atoms with van der Waals surface area (Å²) >= 11 is 11.4. The molecule has 0 aliphatic heterocycles. The van der Waals surface area contributed by atoms with E-state index >= 15 is 0 Å². The molecular formula is C10H13Cl2NO2. The lowest BCUT2D eigenvalue weighted by Crippen LogP contribution is -2.13. The highest BCUT2D eigenvalue weighted by molar-refractivity contribution is 6.68. The molecule has 0 fully saturated rings. The Labute approximate surface area is 99.4 Å². The van der Waals surface area contributed by atoms with Crippen LogP contribution in [0.3, 0.4) is 0 Å². The summed E-state index contributed by atoms with van der Waals surface area (Å²) in [4.78, 5) is 15.2. The molecule has 1 atom stereocenters. The lowest BCUT2D eigenvalue weighted by molar-refractivity contribution is -0.138. The quantitative estimate of drug-likeness (QED) is 0.325. The largest absolute Gasteiger partial charge is 0.463 e. The molecule has 0 radical (unpaired) electrons. The van der Waals surface area contributed by atoms with E-state index < -0.39 is 11.3 Å². The van der Waals surface area contributed by atoms with Gasteiger partial charge in [-0.05, 0) is 19.9 Å². The minimum Gasteiger partial charge on any atom is -0.463 e. The normalized spacial score (nSPS) is 14.7. The Morgan fingerprint density at radius 2 is 2.27 bits per heavy atom. The zero-order chi connectivity index (χ0) is 11.8. The van der Waals surface area contributed by atoms with Crippen LogP contribution < -0.4 is 0 Å². The van der Waals surface area contributed by atoms with E-state index in [0.29, 0.717) is 6.61 Å². The zero-order valence-electron chi connectivity index (χ0n) is 8.67. The number of rotatable bonds is 5. The molecule has 3 nitrogen and oxygen atoms in total. The molecule has 0 heterocycles. The maximum Gasteiger partial charge on any atom is 0.337 e. The molecule has 0 saturated carbocycles. The molecule has 0 saturated heterocycles. The number of carbonyl (C=O) groups excluding carboxylic acids is 1. The van der Waals surface area contributed by atoms with Gasteiger partial charge in [0.1, 0.15) is 5.17 Å². The molecule has 0 N–H and O–H groups in total. The van der Waals surface area contributed by atoms with Crippen LogP contribution in [0.15, 0.2) is 29.4 Å². The Kier molecular flexibility index (Phi) is 7.09. The van der Waals surface area contributed by atoms with Gasteiger partial charge in [-0.2, -0.15) is 0 Å². The van der Waals surface area contributed by atoms with E-state index in [1.165, 1.54) is 12.3 Å². The van der Waals surface area contributed by atoms with Gasteiger partial charge in [0.25, 0.3) is 0 Å². The maximum atomic E-state index is 11.4. The van der Waals surface area contributed by atoms with E-state index in [9.17, 15) is 4.79 Å². The molecule has 0 aliphatic carbocycles. The summed E-state index contributed by atoms with van der Waals surface area (Å²) < 4.78 is 4.80. The number of allylic oxidation sites excluding steroid dienone is 1. The van der Waals surface area contributed by atoms with Crippen LogP contribution in [0.25, 0.3) is 0 Å². The molecule has 0 aromatic heterocycles. The lowest BCUT2D eigenvalue weighted by atomic mass is 10.2. The van der Waals surface area contributed by atoms with Gasteiger partial charge in [-0.15, -0.1) is 11.6 Å². The molecule has 15 heavy (non-hydrogen) atoms.